The molecule has 1 N–H and O–H groups in total. The fraction of sp³-hybridized carbons (Fsp3) is 0.200. The minimum absolute atomic E-state index is 0.0137. The lowest BCUT2D eigenvalue weighted by Crippen LogP contribution is -2.32. The fourth-order valence-corrected chi connectivity index (χ4v) is 5.05. The number of nitrogens with one attached hydrogen (secondary N) is 1. The number of carbonyl (C=O) groups excluding carboxylic acids is 1. The van der Waals surface area contributed by atoms with Gasteiger partial charge in [-0.15, -0.1) is 0 Å². The minimum atomic E-state index is -4.04. The number of para-hydroxylation sites is 1. The lowest BCUT2D eigenvalue weighted by atomic mass is 10.1. The van der Waals surface area contributed by atoms with E-state index in [1.54, 1.807) is 25.1 Å². The summed E-state index contributed by atoms with van der Waals surface area (Å²) in [6.45, 7) is 3.57. The highest BCUT2D eigenvalue weighted by Gasteiger charge is 2.27. The van der Waals surface area contributed by atoms with Gasteiger partial charge < -0.3 is 14.1 Å². The zero-order valence-electron chi connectivity index (χ0n) is 18.8. The van der Waals surface area contributed by atoms with Gasteiger partial charge in [0, 0.05) is 12.1 Å². The molecule has 0 bridgehead atoms. The smallest absolute Gasteiger partial charge is 0.338 e. The van der Waals surface area contributed by atoms with Crippen LogP contribution in [0.15, 0.2) is 81.0 Å². The molecule has 8 nitrogen and oxygen atoms in total. The predicted octanol–water partition coefficient (Wildman–Crippen LogP) is 4.00. The van der Waals surface area contributed by atoms with Crippen LogP contribution in [0.5, 0.6) is 0 Å². The lowest BCUT2D eigenvalue weighted by Gasteiger charge is -2.21. The summed E-state index contributed by atoms with van der Waals surface area (Å²) in [7, 11) is -4.04. The highest BCUT2D eigenvalue weighted by Crippen LogP contribution is 2.23. The number of fused-ring (bicyclic) bond motifs is 1. The molecule has 0 unspecified atom stereocenters. The van der Waals surface area contributed by atoms with Crippen LogP contribution in [-0.4, -0.2) is 30.3 Å². The van der Waals surface area contributed by atoms with Gasteiger partial charge in [-0.2, -0.15) is 4.31 Å². The van der Waals surface area contributed by atoms with Gasteiger partial charge in [-0.1, -0.05) is 18.2 Å². The molecule has 0 atom stereocenters. The molecule has 0 saturated heterocycles. The molecule has 0 amide bonds. The highest BCUT2D eigenvalue weighted by atomic mass is 32.2. The van der Waals surface area contributed by atoms with Crippen LogP contribution in [-0.2, 0) is 27.8 Å². The molecular formula is C25H24N2O6S. The summed E-state index contributed by atoms with van der Waals surface area (Å²) in [6.07, 6.45) is 1.46. The van der Waals surface area contributed by atoms with Crippen LogP contribution in [0.1, 0.15) is 34.2 Å². The topological polar surface area (TPSA) is 110 Å². The van der Waals surface area contributed by atoms with E-state index in [9.17, 15) is 18.0 Å². The summed E-state index contributed by atoms with van der Waals surface area (Å²) in [6, 6.07) is 16.2. The second-order valence-electron chi connectivity index (χ2n) is 7.76. The summed E-state index contributed by atoms with van der Waals surface area (Å²) in [5.74, 6) is -0.100. The predicted molar refractivity (Wildman–Crippen MR) is 127 cm³/mol. The lowest BCUT2D eigenvalue weighted by molar-refractivity contribution is 0.0526. The Labute approximate surface area is 196 Å². The number of H-pyrrole nitrogens is 1. The maximum Gasteiger partial charge on any atom is 0.338 e. The van der Waals surface area contributed by atoms with Gasteiger partial charge in [0.15, 0.2) is 0 Å². The van der Waals surface area contributed by atoms with Crippen molar-refractivity contribution in [1.82, 2.24) is 9.29 Å². The Morgan fingerprint density at radius 2 is 1.82 bits per heavy atom. The third-order valence-electron chi connectivity index (χ3n) is 5.43. The normalized spacial score (nSPS) is 11.7. The van der Waals surface area contributed by atoms with E-state index >= 15 is 0 Å². The Kier molecular flexibility index (Phi) is 6.67. The first kappa shape index (κ1) is 23.5. The number of sulfonamides is 1. The van der Waals surface area contributed by atoms with Crippen molar-refractivity contribution < 1.29 is 22.4 Å². The quantitative estimate of drug-likeness (QED) is 0.382. The molecule has 0 radical (unpaired) electrons. The molecular weight excluding hydrogens is 456 g/mol. The number of aromatic nitrogens is 1. The molecule has 34 heavy (non-hydrogen) atoms. The van der Waals surface area contributed by atoms with Crippen molar-refractivity contribution in [2.75, 3.05) is 6.61 Å². The Bertz CT molecular complexity index is 1470. The monoisotopic (exact) mass is 480 g/mol. The number of hydrogen-bond donors (Lipinski definition) is 1. The number of aryl methyl sites for hydroxylation is 1. The summed E-state index contributed by atoms with van der Waals surface area (Å²) >= 11 is 0. The molecule has 9 heteroatoms. The van der Waals surface area contributed by atoms with E-state index in [1.165, 1.54) is 34.8 Å². The van der Waals surface area contributed by atoms with Gasteiger partial charge in [0.1, 0.15) is 5.76 Å². The van der Waals surface area contributed by atoms with E-state index in [0.717, 1.165) is 10.9 Å². The first-order chi connectivity index (χ1) is 16.3. The van der Waals surface area contributed by atoms with Crippen LogP contribution in [0, 0.1) is 6.92 Å². The molecule has 2 aromatic heterocycles. The van der Waals surface area contributed by atoms with E-state index in [4.69, 9.17) is 9.15 Å². The molecule has 0 aliphatic rings. The van der Waals surface area contributed by atoms with E-state index in [0.29, 0.717) is 16.8 Å². The van der Waals surface area contributed by atoms with Gasteiger partial charge in [0.2, 0.25) is 10.0 Å². The summed E-state index contributed by atoms with van der Waals surface area (Å²) < 4.78 is 38.6. The van der Waals surface area contributed by atoms with Crippen LogP contribution in [0.25, 0.3) is 10.9 Å². The molecule has 2 aromatic carbocycles. The molecule has 4 aromatic rings. The standard InChI is InChI=1S/C25H24N2O6S/c1-3-32-25(29)18-9-11-22(12-10-18)34(30,31)27(16-21-8-5-13-33-21)15-20-14-19-7-4-6-17(2)23(19)26-24(20)28/h4-14H,3,15-16H2,1-2H3,(H,26,28). The van der Waals surface area contributed by atoms with Gasteiger partial charge in [0.25, 0.3) is 5.56 Å². The average Bonchev–Trinajstić information content (AvgIpc) is 3.33. The Morgan fingerprint density at radius 3 is 2.50 bits per heavy atom. The molecule has 0 spiro atoms. The van der Waals surface area contributed by atoms with Gasteiger partial charge >= 0.3 is 5.97 Å². The van der Waals surface area contributed by atoms with Crippen LogP contribution in [0.2, 0.25) is 0 Å². The number of aromatic amines is 1. The van der Waals surface area contributed by atoms with Crippen molar-refractivity contribution in [3.05, 3.63) is 99.7 Å². The first-order valence-corrected chi connectivity index (χ1v) is 12.1. The van der Waals surface area contributed by atoms with Gasteiger partial charge in [-0.25, -0.2) is 13.2 Å². The number of hydrogen-bond acceptors (Lipinski definition) is 6. The van der Waals surface area contributed by atoms with E-state index in [-0.39, 0.29) is 35.7 Å². The summed E-state index contributed by atoms with van der Waals surface area (Å²) in [5, 5.41) is 0.809. The number of benzene rings is 2. The molecule has 0 aliphatic carbocycles. The maximum atomic E-state index is 13.6. The maximum absolute atomic E-state index is 13.6. The molecule has 0 saturated carbocycles. The number of carbonyl (C=O) groups is 1. The molecule has 2 heterocycles. The zero-order chi connectivity index (χ0) is 24.3. The Morgan fingerprint density at radius 1 is 1.06 bits per heavy atom. The van der Waals surface area contributed by atoms with Crippen LogP contribution >= 0.6 is 0 Å². The van der Waals surface area contributed by atoms with Crippen LogP contribution in [0.3, 0.4) is 0 Å². The van der Waals surface area contributed by atoms with Gasteiger partial charge in [0.05, 0.1) is 35.4 Å². The first-order valence-electron chi connectivity index (χ1n) is 10.7. The van der Waals surface area contributed by atoms with Crippen molar-refractivity contribution in [2.24, 2.45) is 0 Å². The third-order valence-corrected chi connectivity index (χ3v) is 7.23. The van der Waals surface area contributed by atoms with Crippen molar-refractivity contribution in [2.45, 2.75) is 31.8 Å². The van der Waals surface area contributed by atoms with E-state index in [2.05, 4.69) is 4.98 Å². The highest BCUT2D eigenvalue weighted by molar-refractivity contribution is 7.89. The van der Waals surface area contributed by atoms with Crippen LogP contribution < -0.4 is 5.56 Å². The Hall–Kier alpha value is -3.69. The molecule has 4 rings (SSSR count). The van der Waals surface area contributed by atoms with Crippen LogP contribution in [0.4, 0.5) is 0 Å². The number of pyridine rings is 1. The van der Waals surface area contributed by atoms with Gasteiger partial charge in [-0.05, 0) is 67.3 Å². The second kappa shape index (κ2) is 9.66. The number of ether oxygens (including phenoxy) is 1. The largest absolute Gasteiger partial charge is 0.468 e. The van der Waals surface area contributed by atoms with E-state index in [1.807, 2.05) is 25.1 Å². The van der Waals surface area contributed by atoms with Crippen molar-refractivity contribution >= 4 is 26.9 Å². The SMILES string of the molecule is CCOC(=O)c1ccc(S(=O)(=O)N(Cc2ccco2)Cc2cc3cccc(C)c3[nH]c2=O)cc1. The zero-order valence-corrected chi connectivity index (χ0v) is 19.6. The number of furan rings is 1. The van der Waals surface area contributed by atoms with Crippen molar-refractivity contribution in [1.29, 1.82) is 0 Å². The van der Waals surface area contributed by atoms with Crippen molar-refractivity contribution in [3.63, 3.8) is 0 Å². The van der Waals surface area contributed by atoms with E-state index < -0.39 is 16.0 Å². The molecule has 176 valence electrons. The minimum Gasteiger partial charge on any atom is -0.468 e. The van der Waals surface area contributed by atoms with Crippen molar-refractivity contribution in [3.8, 4) is 0 Å². The number of rotatable bonds is 8. The number of esters is 1. The summed E-state index contributed by atoms with van der Waals surface area (Å²) in [4.78, 5) is 27.6. The van der Waals surface area contributed by atoms with Gasteiger partial charge in [-0.3, -0.25) is 4.79 Å². The number of nitrogens with zero attached hydrogens (tertiary/aromatic N) is 1. The fourth-order valence-electron chi connectivity index (χ4n) is 3.66. The molecule has 0 aliphatic heterocycles. The summed E-state index contributed by atoms with van der Waals surface area (Å²) in [5.41, 5.74) is 1.82. The molecule has 0 fully saturated rings. The third kappa shape index (κ3) is 4.80. The average molecular weight is 481 g/mol. The Balaban J connectivity index is 1.71. The second-order valence-corrected chi connectivity index (χ2v) is 9.70.